The summed E-state index contributed by atoms with van der Waals surface area (Å²) in [6, 6.07) is 17.7. The minimum Gasteiger partial charge on any atom is -0.497 e. The van der Waals surface area contributed by atoms with Gasteiger partial charge in [0.05, 0.1) is 19.6 Å². The maximum absolute atomic E-state index is 14.7. The third kappa shape index (κ3) is 6.75. The van der Waals surface area contributed by atoms with Crippen LogP contribution in [0.25, 0.3) is 11.1 Å². The summed E-state index contributed by atoms with van der Waals surface area (Å²) >= 11 is 0. The molecule has 0 spiro atoms. The first-order valence-corrected chi connectivity index (χ1v) is 11.9. The van der Waals surface area contributed by atoms with Gasteiger partial charge in [0.2, 0.25) is 0 Å². The van der Waals surface area contributed by atoms with Crippen LogP contribution in [-0.4, -0.2) is 24.8 Å². The summed E-state index contributed by atoms with van der Waals surface area (Å²) in [4.78, 5) is 11.3. The predicted octanol–water partition coefficient (Wildman–Crippen LogP) is 7.08. The molecule has 0 aromatic heterocycles. The van der Waals surface area contributed by atoms with Crippen molar-refractivity contribution in [2.45, 2.75) is 46.1 Å². The minimum atomic E-state index is -0.827. The number of ether oxygens (including phenoxy) is 3. The van der Waals surface area contributed by atoms with Crippen LogP contribution in [-0.2, 0) is 11.4 Å². The fourth-order valence-electron chi connectivity index (χ4n) is 3.72. The summed E-state index contributed by atoms with van der Waals surface area (Å²) in [5.74, 6) is -0.0137. The highest BCUT2D eigenvalue weighted by Crippen LogP contribution is 2.35. The van der Waals surface area contributed by atoms with Crippen molar-refractivity contribution < 1.29 is 28.5 Å². The summed E-state index contributed by atoms with van der Waals surface area (Å²) in [6.07, 6.45) is 1.88. The quantitative estimate of drug-likeness (QED) is 0.281. The Kier molecular flexibility index (Phi) is 9.12. The third-order valence-electron chi connectivity index (χ3n) is 6.19. The molecule has 6 heteroatoms. The smallest absolute Gasteiger partial charge is 0.306 e. The third-order valence-corrected chi connectivity index (χ3v) is 6.19. The Labute approximate surface area is 206 Å². The van der Waals surface area contributed by atoms with Crippen molar-refractivity contribution >= 4 is 5.97 Å². The Balaban J connectivity index is 1.83. The lowest BCUT2D eigenvalue weighted by Crippen LogP contribution is -2.16. The maximum Gasteiger partial charge on any atom is 0.306 e. The summed E-state index contributed by atoms with van der Waals surface area (Å²) in [7, 11) is 1.55. The monoisotopic (exact) mass is 480 g/mol. The average molecular weight is 481 g/mol. The lowest BCUT2D eigenvalue weighted by Gasteiger charge is -2.18. The number of unbranched alkanes of at least 4 members (excludes halogenated alkanes) is 1. The molecule has 0 aliphatic rings. The van der Waals surface area contributed by atoms with Gasteiger partial charge in [-0.2, -0.15) is 0 Å². The van der Waals surface area contributed by atoms with Crippen LogP contribution in [0.1, 0.15) is 50.7 Å². The standard InChI is InChI=1S/C29H33FO5/c1-5-6-14-34-28-15-21(10-12-25(28)26-17-23(33-4)11-13-27(26)30)18-35-24-9-7-8-22(16-24)19(2)20(3)29(31)32/h7-13,15-17,19-20H,5-6,14,18H2,1-4H3,(H,31,32)/t19-,20?/m0/s1. The molecule has 3 aromatic carbocycles. The van der Waals surface area contributed by atoms with Gasteiger partial charge in [-0.05, 0) is 59.9 Å². The molecule has 2 atom stereocenters. The Morgan fingerprint density at radius 3 is 2.49 bits per heavy atom. The molecule has 0 saturated heterocycles. The Bertz CT molecular complexity index is 1140. The van der Waals surface area contributed by atoms with Gasteiger partial charge in [-0.15, -0.1) is 0 Å². The summed E-state index contributed by atoms with van der Waals surface area (Å²) in [6.45, 7) is 6.50. The van der Waals surface area contributed by atoms with Crippen molar-refractivity contribution in [3.8, 4) is 28.4 Å². The van der Waals surface area contributed by atoms with Gasteiger partial charge >= 0.3 is 5.97 Å². The molecule has 1 N–H and O–H groups in total. The lowest BCUT2D eigenvalue weighted by atomic mass is 9.89. The number of carbonyl (C=O) groups is 1. The second-order valence-corrected chi connectivity index (χ2v) is 8.66. The van der Waals surface area contributed by atoms with Crippen LogP contribution in [0.5, 0.6) is 17.2 Å². The fraction of sp³-hybridized carbons (Fsp3) is 0.345. The number of hydrogen-bond donors (Lipinski definition) is 1. The van der Waals surface area contributed by atoms with E-state index in [2.05, 4.69) is 6.92 Å². The predicted molar refractivity (Wildman–Crippen MR) is 135 cm³/mol. The number of methoxy groups -OCH3 is 1. The first kappa shape index (κ1) is 26.1. The molecule has 0 radical (unpaired) electrons. The van der Waals surface area contributed by atoms with E-state index >= 15 is 0 Å². The van der Waals surface area contributed by atoms with Gasteiger partial charge < -0.3 is 19.3 Å². The Morgan fingerprint density at radius 2 is 1.77 bits per heavy atom. The largest absolute Gasteiger partial charge is 0.497 e. The van der Waals surface area contributed by atoms with Gasteiger partial charge in [0.1, 0.15) is 29.7 Å². The van der Waals surface area contributed by atoms with Gasteiger partial charge in [0.25, 0.3) is 0 Å². The molecule has 1 unspecified atom stereocenters. The zero-order chi connectivity index (χ0) is 25.4. The Morgan fingerprint density at radius 1 is 0.971 bits per heavy atom. The number of carboxylic acid groups (broad SMARTS) is 1. The Hall–Kier alpha value is -3.54. The molecule has 0 heterocycles. The lowest BCUT2D eigenvalue weighted by molar-refractivity contribution is -0.141. The first-order valence-electron chi connectivity index (χ1n) is 11.9. The molecule has 186 valence electrons. The van der Waals surface area contributed by atoms with Crippen LogP contribution in [0.15, 0.2) is 60.7 Å². The van der Waals surface area contributed by atoms with Crippen LogP contribution in [0, 0.1) is 11.7 Å². The van der Waals surface area contributed by atoms with Gasteiger partial charge in [0.15, 0.2) is 0 Å². The summed E-state index contributed by atoms with van der Waals surface area (Å²) in [5.41, 5.74) is 2.85. The number of rotatable bonds is 12. The zero-order valence-electron chi connectivity index (χ0n) is 20.7. The van der Waals surface area contributed by atoms with Crippen molar-refractivity contribution in [1.82, 2.24) is 0 Å². The maximum atomic E-state index is 14.7. The first-order chi connectivity index (χ1) is 16.8. The van der Waals surface area contributed by atoms with Crippen molar-refractivity contribution in [2.24, 2.45) is 5.92 Å². The topological polar surface area (TPSA) is 65.0 Å². The van der Waals surface area contributed by atoms with Crippen LogP contribution < -0.4 is 14.2 Å². The van der Waals surface area contributed by atoms with Gasteiger partial charge in [-0.1, -0.05) is 51.5 Å². The summed E-state index contributed by atoms with van der Waals surface area (Å²) in [5, 5.41) is 9.32. The molecule has 0 saturated carbocycles. The van der Waals surface area contributed by atoms with E-state index in [0.717, 1.165) is 24.0 Å². The van der Waals surface area contributed by atoms with E-state index in [1.165, 1.54) is 6.07 Å². The molecule has 3 rings (SSSR count). The van der Waals surface area contributed by atoms with E-state index in [0.29, 0.717) is 35.0 Å². The highest BCUT2D eigenvalue weighted by Gasteiger charge is 2.21. The number of benzene rings is 3. The molecule has 0 aliphatic carbocycles. The number of halogens is 1. The molecule has 3 aromatic rings. The van der Waals surface area contributed by atoms with Crippen molar-refractivity contribution in [3.63, 3.8) is 0 Å². The van der Waals surface area contributed by atoms with E-state index in [9.17, 15) is 14.3 Å². The SMILES string of the molecule is CCCCOc1cc(COc2cccc([C@@H](C)C(C)C(=O)O)c2)ccc1-c1cc(OC)ccc1F. The molecule has 5 nitrogen and oxygen atoms in total. The van der Waals surface area contributed by atoms with E-state index in [1.54, 1.807) is 26.2 Å². The average Bonchev–Trinajstić information content (AvgIpc) is 2.87. The van der Waals surface area contributed by atoms with Gasteiger partial charge in [0, 0.05) is 11.1 Å². The highest BCUT2D eigenvalue weighted by atomic mass is 19.1. The molecule has 0 fully saturated rings. The van der Waals surface area contributed by atoms with E-state index < -0.39 is 11.9 Å². The van der Waals surface area contributed by atoms with Gasteiger partial charge in [-0.25, -0.2) is 4.39 Å². The van der Waals surface area contributed by atoms with Crippen LogP contribution in [0.3, 0.4) is 0 Å². The molecular formula is C29H33FO5. The minimum absolute atomic E-state index is 0.147. The van der Waals surface area contributed by atoms with Gasteiger partial charge in [-0.3, -0.25) is 4.79 Å². The van der Waals surface area contributed by atoms with Crippen molar-refractivity contribution in [1.29, 1.82) is 0 Å². The molecule has 0 aliphatic heterocycles. The number of aliphatic carboxylic acids is 1. The molecule has 35 heavy (non-hydrogen) atoms. The zero-order valence-corrected chi connectivity index (χ0v) is 20.7. The van der Waals surface area contributed by atoms with E-state index in [-0.39, 0.29) is 18.3 Å². The molecule has 0 amide bonds. The molecular weight excluding hydrogens is 447 g/mol. The van der Waals surface area contributed by atoms with Crippen LogP contribution in [0.2, 0.25) is 0 Å². The molecule has 0 bridgehead atoms. The highest BCUT2D eigenvalue weighted by molar-refractivity contribution is 5.73. The fourth-order valence-corrected chi connectivity index (χ4v) is 3.72. The summed E-state index contributed by atoms with van der Waals surface area (Å²) < 4.78 is 32.0. The number of carboxylic acids is 1. The normalized spacial score (nSPS) is 12.6. The van der Waals surface area contributed by atoms with Crippen molar-refractivity contribution in [2.75, 3.05) is 13.7 Å². The van der Waals surface area contributed by atoms with Crippen LogP contribution >= 0.6 is 0 Å². The van der Waals surface area contributed by atoms with E-state index in [1.807, 2.05) is 49.4 Å². The van der Waals surface area contributed by atoms with E-state index in [4.69, 9.17) is 14.2 Å². The second kappa shape index (κ2) is 12.2. The second-order valence-electron chi connectivity index (χ2n) is 8.66. The van der Waals surface area contributed by atoms with Crippen LogP contribution in [0.4, 0.5) is 4.39 Å². The van der Waals surface area contributed by atoms with Crippen molar-refractivity contribution in [3.05, 3.63) is 77.6 Å². The number of hydrogen-bond acceptors (Lipinski definition) is 4.